The number of fused-ring (bicyclic) bond motifs is 1. The average molecular weight is 418 g/mol. The number of carbonyl (C=O) groups excluding carboxylic acids is 1. The summed E-state index contributed by atoms with van der Waals surface area (Å²) in [6, 6.07) is 19.5. The SMILES string of the molecule is CC12N=C([C@@H]3CCCN3OC(=O)c3ccccc3)SC1=NC=CC2c1ccccc1. The summed E-state index contributed by atoms with van der Waals surface area (Å²) in [4.78, 5) is 28.2. The maximum Gasteiger partial charge on any atom is 0.357 e. The van der Waals surface area contributed by atoms with Crippen LogP contribution in [-0.4, -0.2) is 39.2 Å². The lowest BCUT2D eigenvalue weighted by molar-refractivity contribution is -0.104. The fourth-order valence-electron chi connectivity index (χ4n) is 4.31. The molecule has 5 nitrogen and oxygen atoms in total. The van der Waals surface area contributed by atoms with Gasteiger partial charge in [-0.25, -0.2) is 4.79 Å². The van der Waals surface area contributed by atoms with Crippen LogP contribution in [0.25, 0.3) is 0 Å². The Hall–Kier alpha value is -2.70. The van der Waals surface area contributed by atoms with E-state index < -0.39 is 5.54 Å². The smallest absolute Gasteiger partial charge is 0.357 e. The van der Waals surface area contributed by atoms with Crippen molar-refractivity contribution in [2.24, 2.45) is 9.98 Å². The molecule has 0 aromatic heterocycles. The minimum absolute atomic E-state index is 0.0239. The minimum Gasteiger partial charge on any atom is -0.363 e. The van der Waals surface area contributed by atoms with Crippen molar-refractivity contribution < 1.29 is 9.63 Å². The Morgan fingerprint density at radius 1 is 1.13 bits per heavy atom. The predicted molar refractivity (Wildman–Crippen MR) is 121 cm³/mol. The molecule has 1 fully saturated rings. The quantitative estimate of drug-likeness (QED) is 0.715. The number of hydroxylamine groups is 2. The van der Waals surface area contributed by atoms with Crippen molar-refractivity contribution in [2.45, 2.75) is 37.3 Å². The van der Waals surface area contributed by atoms with Crippen LogP contribution in [0.3, 0.4) is 0 Å². The highest BCUT2D eigenvalue weighted by Crippen LogP contribution is 2.46. The predicted octanol–water partition coefficient (Wildman–Crippen LogP) is 4.84. The Balaban J connectivity index is 1.39. The lowest BCUT2D eigenvalue weighted by atomic mass is 9.80. The number of aliphatic imine (C=N–C) groups is 2. The fourth-order valence-corrected chi connectivity index (χ4v) is 5.61. The van der Waals surface area contributed by atoms with Gasteiger partial charge >= 0.3 is 5.97 Å². The largest absolute Gasteiger partial charge is 0.363 e. The standard InChI is InChI=1S/C24H23N3O2S/c1-24-19(17-9-4-2-5-10-17)14-15-25-23(24)30-21(26-24)20-13-8-16-27(20)29-22(28)18-11-6-3-7-12-18/h2-7,9-12,14-15,19-20H,8,13,16H2,1H3/t19?,20-,24?/m0/s1. The number of thioether (sulfide) groups is 1. The molecular formula is C24H23N3O2S. The van der Waals surface area contributed by atoms with Gasteiger partial charge in [0.05, 0.1) is 16.6 Å². The van der Waals surface area contributed by atoms with E-state index in [0.717, 1.165) is 22.9 Å². The molecule has 6 heteroatoms. The summed E-state index contributed by atoms with van der Waals surface area (Å²) in [7, 11) is 0. The Morgan fingerprint density at radius 3 is 2.63 bits per heavy atom. The molecule has 0 amide bonds. The van der Waals surface area contributed by atoms with Crippen molar-refractivity contribution in [3.63, 3.8) is 0 Å². The molecule has 0 aliphatic carbocycles. The topological polar surface area (TPSA) is 54.3 Å². The van der Waals surface area contributed by atoms with Crippen LogP contribution < -0.4 is 0 Å². The minimum atomic E-state index is -0.423. The molecule has 2 aromatic carbocycles. The second-order valence-corrected chi connectivity index (χ2v) is 8.92. The van der Waals surface area contributed by atoms with Crippen LogP contribution in [0.4, 0.5) is 0 Å². The molecule has 3 aliphatic rings. The number of hydrogen-bond acceptors (Lipinski definition) is 6. The van der Waals surface area contributed by atoms with E-state index in [0.29, 0.717) is 12.1 Å². The van der Waals surface area contributed by atoms with Crippen molar-refractivity contribution in [1.82, 2.24) is 5.06 Å². The normalized spacial score (nSPS) is 28.0. The first-order valence-electron chi connectivity index (χ1n) is 10.3. The first kappa shape index (κ1) is 19.3. The second-order valence-electron chi connectivity index (χ2n) is 7.91. The van der Waals surface area contributed by atoms with Crippen LogP contribution in [0.2, 0.25) is 0 Å². The molecule has 0 N–H and O–H groups in total. The first-order valence-corrected chi connectivity index (χ1v) is 11.1. The molecule has 0 saturated carbocycles. The summed E-state index contributed by atoms with van der Waals surface area (Å²) in [5.41, 5.74) is 1.36. The highest BCUT2D eigenvalue weighted by Gasteiger charge is 2.48. The summed E-state index contributed by atoms with van der Waals surface area (Å²) in [5.74, 6) is -0.186. The maximum absolute atomic E-state index is 12.6. The van der Waals surface area contributed by atoms with Gasteiger partial charge in [-0.2, -0.15) is 0 Å². The Morgan fingerprint density at radius 2 is 1.87 bits per heavy atom. The summed E-state index contributed by atoms with van der Waals surface area (Å²) < 4.78 is 0. The third-order valence-corrected chi connectivity index (χ3v) is 7.19. The van der Waals surface area contributed by atoms with E-state index in [9.17, 15) is 4.79 Å². The molecule has 1 saturated heterocycles. The molecular weight excluding hydrogens is 394 g/mol. The van der Waals surface area contributed by atoms with Gasteiger partial charge in [-0.1, -0.05) is 66.4 Å². The molecule has 3 aliphatic heterocycles. The average Bonchev–Trinajstić information content (AvgIpc) is 3.38. The third kappa shape index (κ3) is 3.40. The second kappa shape index (κ2) is 7.85. The van der Waals surface area contributed by atoms with Gasteiger partial charge in [-0.3, -0.25) is 9.98 Å². The Labute approximate surface area is 180 Å². The molecule has 3 heterocycles. The van der Waals surface area contributed by atoms with Crippen molar-refractivity contribution in [3.05, 3.63) is 84.1 Å². The molecule has 152 valence electrons. The summed E-state index contributed by atoms with van der Waals surface area (Å²) in [6.45, 7) is 2.87. The van der Waals surface area contributed by atoms with Crippen molar-refractivity contribution >= 4 is 27.8 Å². The first-order chi connectivity index (χ1) is 14.6. The zero-order valence-corrected chi connectivity index (χ0v) is 17.6. The monoisotopic (exact) mass is 417 g/mol. The van der Waals surface area contributed by atoms with Crippen molar-refractivity contribution in [1.29, 1.82) is 0 Å². The Kier molecular flexibility index (Phi) is 5.05. The maximum atomic E-state index is 12.6. The molecule has 30 heavy (non-hydrogen) atoms. The highest BCUT2D eigenvalue weighted by molar-refractivity contribution is 8.27. The van der Waals surface area contributed by atoms with Gasteiger partial charge < -0.3 is 4.84 Å². The van der Waals surface area contributed by atoms with Gasteiger partial charge in [0.25, 0.3) is 0 Å². The summed E-state index contributed by atoms with van der Waals surface area (Å²) in [6.07, 6.45) is 5.91. The number of carbonyl (C=O) groups is 1. The van der Waals surface area contributed by atoms with Crippen LogP contribution in [0.1, 0.15) is 41.6 Å². The molecule has 3 atom stereocenters. The van der Waals surface area contributed by atoms with Gasteiger partial charge in [-0.15, -0.1) is 5.06 Å². The van der Waals surface area contributed by atoms with E-state index in [1.807, 2.05) is 30.5 Å². The van der Waals surface area contributed by atoms with E-state index in [4.69, 9.17) is 9.83 Å². The number of rotatable bonds is 4. The number of nitrogens with zero attached hydrogens (tertiary/aromatic N) is 3. The van der Waals surface area contributed by atoms with Gasteiger partial charge in [0.15, 0.2) is 0 Å². The van der Waals surface area contributed by atoms with Crippen molar-refractivity contribution in [2.75, 3.05) is 6.54 Å². The molecule has 0 spiro atoms. The van der Waals surface area contributed by atoms with Gasteiger partial charge in [0.2, 0.25) is 0 Å². The summed E-state index contributed by atoms with van der Waals surface area (Å²) in [5, 5.41) is 3.79. The van der Waals surface area contributed by atoms with Gasteiger partial charge in [-0.05, 0) is 37.5 Å². The van der Waals surface area contributed by atoms with E-state index in [-0.39, 0.29) is 17.9 Å². The lowest BCUT2D eigenvalue weighted by Gasteiger charge is -2.31. The highest BCUT2D eigenvalue weighted by atomic mass is 32.2. The molecule has 0 bridgehead atoms. The third-order valence-electron chi connectivity index (χ3n) is 5.91. The molecule has 2 unspecified atom stereocenters. The van der Waals surface area contributed by atoms with Crippen LogP contribution in [0.5, 0.6) is 0 Å². The van der Waals surface area contributed by atoms with Gasteiger partial charge in [0, 0.05) is 18.7 Å². The van der Waals surface area contributed by atoms with E-state index in [1.165, 1.54) is 5.56 Å². The van der Waals surface area contributed by atoms with Crippen LogP contribution in [0, 0.1) is 0 Å². The van der Waals surface area contributed by atoms with Crippen LogP contribution in [0.15, 0.2) is 82.9 Å². The van der Waals surface area contributed by atoms with E-state index in [1.54, 1.807) is 29.0 Å². The van der Waals surface area contributed by atoms with E-state index in [2.05, 4.69) is 42.3 Å². The Bertz CT molecular complexity index is 1030. The number of benzene rings is 2. The van der Waals surface area contributed by atoms with Crippen LogP contribution in [-0.2, 0) is 4.84 Å². The summed E-state index contributed by atoms with van der Waals surface area (Å²) >= 11 is 1.63. The zero-order valence-electron chi connectivity index (χ0n) is 16.8. The van der Waals surface area contributed by atoms with Crippen molar-refractivity contribution in [3.8, 4) is 0 Å². The van der Waals surface area contributed by atoms with Crippen LogP contribution >= 0.6 is 11.8 Å². The number of hydrogen-bond donors (Lipinski definition) is 0. The zero-order chi connectivity index (χ0) is 20.6. The van der Waals surface area contributed by atoms with Gasteiger partial charge in [0.1, 0.15) is 10.6 Å². The lowest BCUT2D eigenvalue weighted by Crippen LogP contribution is -2.37. The molecule has 2 aromatic rings. The molecule has 0 radical (unpaired) electrons. The van der Waals surface area contributed by atoms with E-state index >= 15 is 0 Å². The fraction of sp³-hybridized carbons (Fsp3) is 0.292. The molecule has 5 rings (SSSR count).